The van der Waals surface area contributed by atoms with Crippen molar-refractivity contribution in [3.8, 4) is 0 Å². The molecular weight excluding hydrogens is 484 g/mol. The molecule has 0 fully saturated rings. The van der Waals surface area contributed by atoms with E-state index >= 15 is 0 Å². The average Bonchev–Trinajstić information content (AvgIpc) is 3.34. The monoisotopic (exact) mass is 508 g/mol. The summed E-state index contributed by atoms with van der Waals surface area (Å²) in [6.07, 6.45) is 0. The number of fused-ring (bicyclic) bond motifs is 2. The van der Waals surface area contributed by atoms with Crippen molar-refractivity contribution < 1.29 is 35.6 Å². The average molecular weight is 510 g/mol. The molecule has 0 N–H and O–H groups in total. The Bertz CT molecular complexity index is 1170. The Kier molecular flexibility index (Phi) is 10.6. The van der Waals surface area contributed by atoms with Gasteiger partial charge in [-0.25, -0.2) is 0 Å². The van der Waals surface area contributed by atoms with Gasteiger partial charge in [0.25, 0.3) is 0 Å². The summed E-state index contributed by atoms with van der Waals surface area (Å²) in [6.45, 7) is 6.49. The second kappa shape index (κ2) is 12.2. The number of hydrogen-bond acceptors (Lipinski definition) is 0. The van der Waals surface area contributed by atoms with Crippen LogP contribution in [-0.2, 0) is 26.2 Å². The summed E-state index contributed by atoms with van der Waals surface area (Å²) in [7, 11) is 0.759. The van der Waals surface area contributed by atoms with Crippen molar-refractivity contribution >= 4 is 40.7 Å². The van der Waals surface area contributed by atoms with Gasteiger partial charge < -0.3 is 9.41 Å². The molecule has 0 nitrogen and oxygen atoms in total. The topological polar surface area (TPSA) is 0 Å². The summed E-state index contributed by atoms with van der Waals surface area (Å²) in [5, 5.41) is 8.37. The molecule has 0 aliphatic heterocycles. The van der Waals surface area contributed by atoms with Crippen molar-refractivity contribution in [2.24, 2.45) is 0 Å². The predicted octanol–water partition coefficient (Wildman–Crippen LogP) is 0.677. The van der Waals surface area contributed by atoms with Crippen LogP contribution in [0.3, 0.4) is 0 Å². The largest absolute Gasteiger partial charge is 4.00 e. The van der Waals surface area contributed by atoms with Crippen LogP contribution in [0, 0.1) is 20.8 Å². The van der Waals surface area contributed by atoms with E-state index in [9.17, 15) is 0 Å². The van der Waals surface area contributed by atoms with E-state index in [1.165, 1.54) is 48.8 Å². The fourth-order valence-corrected chi connectivity index (χ4v) is 4.86. The summed E-state index contributed by atoms with van der Waals surface area (Å²) in [5.41, 5.74) is 4.13. The minimum absolute atomic E-state index is 0. The maximum atomic E-state index is 2.31. The number of benzene rings is 3. The molecular formula is C27H25F2PZr. The van der Waals surface area contributed by atoms with Gasteiger partial charge in [-0.3, -0.25) is 0 Å². The second-order valence-electron chi connectivity index (χ2n) is 7.37. The first-order valence-electron chi connectivity index (χ1n) is 9.71. The molecule has 0 aliphatic rings. The van der Waals surface area contributed by atoms with Gasteiger partial charge in [0, 0.05) is 0 Å². The Balaban J connectivity index is 0.000000303. The van der Waals surface area contributed by atoms with Gasteiger partial charge in [0.15, 0.2) is 0 Å². The normalized spacial score (nSPS) is 10.2. The SMILES string of the molecule is Cc1ccc(C)c2[cH-]ccc12.Cc1ccccc1Pc1cc2ccccc2[cH-]1.[F-].[F-].[Zr+4]. The van der Waals surface area contributed by atoms with Gasteiger partial charge in [0.05, 0.1) is 0 Å². The molecule has 0 aromatic heterocycles. The van der Waals surface area contributed by atoms with Crippen LogP contribution >= 0.6 is 8.58 Å². The smallest absolute Gasteiger partial charge is 1.00 e. The zero-order valence-corrected chi connectivity index (χ0v) is 21.4. The summed E-state index contributed by atoms with van der Waals surface area (Å²) >= 11 is 0. The van der Waals surface area contributed by atoms with Crippen molar-refractivity contribution in [3.63, 3.8) is 0 Å². The van der Waals surface area contributed by atoms with Crippen LogP contribution in [0.25, 0.3) is 21.5 Å². The molecule has 1 unspecified atom stereocenters. The molecule has 31 heavy (non-hydrogen) atoms. The molecule has 5 aromatic carbocycles. The zero-order chi connectivity index (χ0) is 19.5. The van der Waals surface area contributed by atoms with E-state index in [-0.39, 0.29) is 35.6 Å². The Morgan fingerprint density at radius 1 is 0.710 bits per heavy atom. The second-order valence-corrected chi connectivity index (χ2v) is 8.73. The van der Waals surface area contributed by atoms with Gasteiger partial charge in [-0.1, -0.05) is 57.5 Å². The molecule has 156 valence electrons. The first-order chi connectivity index (χ1) is 13.6. The number of halogens is 2. The van der Waals surface area contributed by atoms with E-state index in [0.29, 0.717) is 0 Å². The predicted molar refractivity (Wildman–Crippen MR) is 127 cm³/mol. The van der Waals surface area contributed by atoms with Crippen LogP contribution in [0.4, 0.5) is 0 Å². The van der Waals surface area contributed by atoms with Crippen LogP contribution in [0.2, 0.25) is 0 Å². The van der Waals surface area contributed by atoms with E-state index < -0.39 is 0 Å². The van der Waals surface area contributed by atoms with Gasteiger partial charge >= 0.3 is 26.2 Å². The third-order valence-corrected chi connectivity index (χ3v) is 6.70. The van der Waals surface area contributed by atoms with Crippen molar-refractivity contribution in [2.45, 2.75) is 20.8 Å². The number of rotatable bonds is 2. The van der Waals surface area contributed by atoms with E-state index in [0.717, 1.165) is 8.58 Å². The van der Waals surface area contributed by atoms with Crippen molar-refractivity contribution in [2.75, 3.05) is 0 Å². The van der Waals surface area contributed by atoms with Crippen LogP contribution < -0.4 is 20.0 Å². The first-order valence-corrected chi connectivity index (χ1v) is 10.7. The molecule has 5 aromatic rings. The van der Waals surface area contributed by atoms with Gasteiger partial charge in [0.2, 0.25) is 0 Å². The fraction of sp³-hybridized carbons (Fsp3) is 0.111. The van der Waals surface area contributed by atoms with E-state index in [1.54, 1.807) is 0 Å². The van der Waals surface area contributed by atoms with Gasteiger partial charge in [0.1, 0.15) is 0 Å². The van der Waals surface area contributed by atoms with Gasteiger partial charge in [-0.15, -0.1) is 68.8 Å². The molecule has 0 aliphatic carbocycles. The van der Waals surface area contributed by atoms with Crippen LogP contribution in [0.5, 0.6) is 0 Å². The number of hydrogen-bond donors (Lipinski definition) is 0. The molecule has 0 amide bonds. The number of aryl methyl sites for hydroxylation is 3. The van der Waals surface area contributed by atoms with E-state index in [4.69, 9.17) is 0 Å². The molecule has 0 bridgehead atoms. The van der Waals surface area contributed by atoms with Gasteiger partial charge in [-0.2, -0.15) is 18.2 Å². The summed E-state index contributed by atoms with van der Waals surface area (Å²) in [5.74, 6) is 0. The minimum Gasteiger partial charge on any atom is -1.00 e. The molecule has 0 saturated heterocycles. The maximum Gasteiger partial charge on any atom is 4.00 e. The molecule has 0 radical (unpaired) electrons. The third-order valence-electron chi connectivity index (χ3n) is 5.29. The van der Waals surface area contributed by atoms with Crippen LogP contribution in [-0.4, -0.2) is 0 Å². The zero-order valence-electron chi connectivity index (χ0n) is 17.9. The molecule has 0 heterocycles. The molecule has 0 saturated carbocycles. The minimum atomic E-state index is 0. The Morgan fingerprint density at radius 3 is 2.10 bits per heavy atom. The summed E-state index contributed by atoms with van der Waals surface area (Å²) < 4.78 is 0. The third kappa shape index (κ3) is 6.28. The van der Waals surface area contributed by atoms with Crippen molar-refractivity contribution in [1.29, 1.82) is 0 Å². The molecule has 1 atom stereocenters. The maximum absolute atomic E-state index is 2.31. The molecule has 5 rings (SSSR count). The van der Waals surface area contributed by atoms with Crippen molar-refractivity contribution in [3.05, 3.63) is 108 Å². The van der Waals surface area contributed by atoms with Crippen LogP contribution in [0.15, 0.2) is 91.0 Å². The van der Waals surface area contributed by atoms with Gasteiger partial charge in [-0.05, 0) is 24.7 Å². The Morgan fingerprint density at radius 2 is 1.39 bits per heavy atom. The van der Waals surface area contributed by atoms with Crippen LogP contribution in [0.1, 0.15) is 16.7 Å². The van der Waals surface area contributed by atoms with E-state index in [1.807, 2.05) is 0 Å². The molecule has 4 heteroatoms. The summed E-state index contributed by atoms with van der Waals surface area (Å²) in [6, 6.07) is 32.6. The fourth-order valence-electron chi connectivity index (χ4n) is 3.63. The first kappa shape index (κ1) is 27.1. The quantitative estimate of drug-likeness (QED) is 0.243. The standard InChI is InChI=1S/C16H14P.C11H11.2FH.Zr/c1-12-6-2-5-9-16(12)17-15-10-13-7-3-4-8-14(13)11-15;1-8-6-7-9(2)11-5-3-4-10(8)11;;;/h2-11,17H,1H3;3-7H,1-2H3;2*1H;/q2*-1;;;+4/p-2. The van der Waals surface area contributed by atoms with Crippen molar-refractivity contribution in [1.82, 2.24) is 0 Å². The Hall–Kier alpha value is -1.95. The van der Waals surface area contributed by atoms with E-state index in [2.05, 4.69) is 112 Å². The summed E-state index contributed by atoms with van der Waals surface area (Å²) in [4.78, 5) is 0. The molecule has 0 spiro atoms. The Labute approximate surface area is 204 Å².